The Kier molecular flexibility index (Phi) is 47.3. The largest absolute Gasteiger partial charge is 0.423 e. The fourth-order valence-electron chi connectivity index (χ4n) is 8.91. The highest BCUT2D eigenvalue weighted by Gasteiger charge is 2.51. The maximum absolute atomic E-state index is 14.2. The third-order valence-corrected chi connectivity index (χ3v) is 13.8. The first kappa shape index (κ1) is 66.5. The van der Waals surface area contributed by atoms with Gasteiger partial charge in [0.1, 0.15) is 5.41 Å². The Balaban J connectivity index is 5.35. The number of esters is 3. The van der Waals surface area contributed by atoms with Crippen molar-refractivity contribution in [1.29, 1.82) is 0 Å². The third-order valence-electron chi connectivity index (χ3n) is 13.8. The van der Waals surface area contributed by atoms with Crippen LogP contribution in [0.1, 0.15) is 291 Å². The van der Waals surface area contributed by atoms with E-state index in [9.17, 15) is 29.7 Å². The van der Waals surface area contributed by atoms with E-state index in [0.717, 1.165) is 103 Å². The van der Waals surface area contributed by atoms with Crippen molar-refractivity contribution in [2.45, 2.75) is 297 Å². The molecule has 404 valence electrons. The molecule has 9 nitrogen and oxygen atoms in total. The van der Waals surface area contributed by atoms with E-state index in [0.29, 0.717) is 25.7 Å². The van der Waals surface area contributed by atoms with Crippen molar-refractivity contribution in [1.82, 2.24) is 0 Å². The molecule has 0 aromatic carbocycles. The van der Waals surface area contributed by atoms with Crippen LogP contribution in [0.25, 0.3) is 0 Å². The average Bonchev–Trinajstić information content (AvgIpc) is 3.35. The average molecular weight is 976 g/mol. The minimum atomic E-state index is -2.37. The van der Waals surface area contributed by atoms with E-state index in [1.165, 1.54) is 116 Å². The number of hydrogen-bond acceptors (Lipinski definition) is 9. The van der Waals surface area contributed by atoms with E-state index in [-0.39, 0.29) is 19.3 Å². The number of aliphatic hydroxyl groups excluding tert-OH is 3. The van der Waals surface area contributed by atoms with Gasteiger partial charge in [0.15, 0.2) is 0 Å². The van der Waals surface area contributed by atoms with E-state index in [2.05, 4.69) is 57.2 Å². The van der Waals surface area contributed by atoms with E-state index in [1.54, 1.807) is 6.92 Å². The van der Waals surface area contributed by atoms with Crippen LogP contribution in [-0.2, 0) is 28.6 Å². The van der Waals surface area contributed by atoms with E-state index in [4.69, 9.17) is 14.2 Å². The second-order valence-corrected chi connectivity index (χ2v) is 20.1. The molecule has 0 aliphatic heterocycles. The monoisotopic (exact) mass is 975 g/mol. The minimum absolute atomic E-state index is 0.0574. The lowest BCUT2D eigenvalue weighted by Crippen LogP contribution is -2.53. The molecular weight excluding hydrogens is 865 g/mol. The van der Waals surface area contributed by atoms with Gasteiger partial charge in [-0.2, -0.15) is 0 Å². The summed E-state index contributed by atoms with van der Waals surface area (Å²) in [5, 5.41) is 31.9. The van der Waals surface area contributed by atoms with Gasteiger partial charge in [-0.3, -0.25) is 14.4 Å². The van der Waals surface area contributed by atoms with Crippen molar-refractivity contribution >= 4 is 17.9 Å². The Morgan fingerprint density at radius 1 is 0.391 bits per heavy atom. The second-order valence-electron chi connectivity index (χ2n) is 20.1. The molecule has 0 amide bonds. The maximum Gasteiger partial charge on any atom is 0.423 e. The summed E-state index contributed by atoms with van der Waals surface area (Å²) >= 11 is 0. The lowest BCUT2D eigenvalue weighted by atomic mass is 9.74. The minimum Gasteiger partial charge on any atom is -0.396 e. The summed E-state index contributed by atoms with van der Waals surface area (Å²) in [4.78, 5) is 40.9. The maximum atomic E-state index is 14.2. The predicted octanol–water partition coefficient (Wildman–Crippen LogP) is 16.6. The Labute approximate surface area is 424 Å². The van der Waals surface area contributed by atoms with Gasteiger partial charge < -0.3 is 29.5 Å². The van der Waals surface area contributed by atoms with Gasteiger partial charge in [0.05, 0.1) is 19.6 Å². The lowest BCUT2D eigenvalue weighted by molar-refractivity contribution is -0.336. The van der Waals surface area contributed by atoms with Gasteiger partial charge in [-0.1, -0.05) is 212 Å². The molecule has 0 fully saturated rings. The van der Waals surface area contributed by atoms with Crippen molar-refractivity contribution < 1.29 is 43.9 Å². The number of allylic oxidation sites excluding steroid dienone is 6. The van der Waals surface area contributed by atoms with Crippen molar-refractivity contribution in [3.8, 4) is 0 Å². The zero-order valence-corrected chi connectivity index (χ0v) is 45.4. The predicted molar refractivity (Wildman–Crippen MR) is 288 cm³/mol. The SMILES string of the molecule is CCCCCCCC/C=C\CCCCCCCC(=O)OC(CC)(OC(=O)CCCCCCC/C=C\CCCCCCCC)OC(=O)C(CO)(CO)C(CO)CCCCC/C=C\CCCCCCCC. The highest BCUT2D eigenvalue weighted by molar-refractivity contribution is 5.79. The lowest BCUT2D eigenvalue weighted by Gasteiger charge is -2.38. The van der Waals surface area contributed by atoms with Crippen LogP contribution in [0.2, 0.25) is 0 Å². The molecule has 0 radical (unpaired) electrons. The van der Waals surface area contributed by atoms with Crippen molar-refractivity contribution in [2.75, 3.05) is 19.8 Å². The Morgan fingerprint density at radius 2 is 0.681 bits per heavy atom. The van der Waals surface area contributed by atoms with Gasteiger partial charge in [0, 0.05) is 25.4 Å². The quantitative estimate of drug-likeness (QED) is 0.0235. The van der Waals surface area contributed by atoms with Crippen LogP contribution in [0.4, 0.5) is 0 Å². The number of unbranched alkanes of at least 4 members (excludes halogenated alkanes) is 31. The molecule has 0 heterocycles. The van der Waals surface area contributed by atoms with E-state index < -0.39 is 55.0 Å². The molecule has 0 saturated heterocycles. The smallest absolute Gasteiger partial charge is 0.396 e. The fourth-order valence-corrected chi connectivity index (χ4v) is 8.91. The van der Waals surface area contributed by atoms with Gasteiger partial charge in [-0.15, -0.1) is 0 Å². The summed E-state index contributed by atoms with van der Waals surface area (Å²) in [6, 6.07) is 0. The highest BCUT2D eigenvalue weighted by Crippen LogP contribution is 2.36. The van der Waals surface area contributed by atoms with Crippen LogP contribution in [0.3, 0.4) is 0 Å². The van der Waals surface area contributed by atoms with Crippen LogP contribution >= 0.6 is 0 Å². The van der Waals surface area contributed by atoms with Crippen LogP contribution in [0, 0.1) is 11.3 Å². The van der Waals surface area contributed by atoms with Gasteiger partial charge in [0.25, 0.3) is 0 Å². The number of rotatable bonds is 52. The molecule has 0 aromatic heterocycles. The Bertz CT molecular complexity index is 1200. The second kappa shape index (κ2) is 49.1. The first-order valence-corrected chi connectivity index (χ1v) is 29.2. The molecule has 0 aliphatic carbocycles. The summed E-state index contributed by atoms with van der Waals surface area (Å²) < 4.78 is 17.4. The number of carbonyl (C=O) groups is 3. The summed E-state index contributed by atoms with van der Waals surface area (Å²) in [6.07, 6.45) is 55.3. The molecule has 1 unspecified atom stereocenters. The molecule has 9 heteroatoms. The summed E-state index contributed by atoms with van der Waals surface area (Å²) in [7, 11) is 0. The molecule has 69 heavy (non-hydrogen) atoms. The molecule has 1 atom stereocenters. The molecule has 0 rings (SSSR count). The molecule has 0 aromatic rings. The number of aliphatic hydroxyl groups is 3. The summed E-state index contributed by atoms with van der Waals surface area (Å²) in [5.74, 6) is -5.60. The van der Waals surface area contributed by atoms with Crippen molar-refractivity contribution in [2.24, 2.45) is 11.3 Å². The van der Waals surface area contributed by atoms with Crippen LogP contribution in [-0.4, -0.2) is 59.0 Å². The fraction of sp³-hybridized carbons (Fsp3) is 0.850. The summed E-state index contributed by atoms with van der Waals surface area (Å²) in [5.41, 5.74) is -1.90. The topological polar surface area (TPSA) is 140 Å². The normalized spacial score (nSPS) is 12.7. The number of carbonyl (C=O) groups excluding carboxylic acids is 3. The molecule has 0 spiro atoms. The van der Waals surface area contributed by atoms with Gasteiger partial charge in [-0.05, 0) is 96.3 Å². The zero-order chi connectivity index (χ0) is 50.8. The number of ether oxygens (including phenoxy) is 3. The molecule has 0 aliphatic rings. The zero-order valence-electron chi connectivity index (χ0n) is 45.4. The standard InChI is InChI=1S/C60H110O9/c1-5-9-12-15-18-21-24-27-29-32-35-38-41-44-47-50-56(64)67-60(8-4,68-57(65)51-48-45-42-39-36-33-30-28-25-22-19-16-13-10-6-2)69-58(66)59(53-62,54-63)55(52-61)49-46-43-40-37-34-31-26-23-20-17-14-11-7-3/h27-31,34,55,61-63H,5-26,32-33,35-54H2,1-4H3/b29-27-,30-28-,34-31-. The van der Waals surface area contributed by atoms with Crippen LogP contribution in [0.15, 0.2) is 36.5 Å². The first-order valence-electron chi connectivity index (χ1n) is 29.2. The molecule has 0 bridgehead atoms. The Morgan fingerprint density at radius 3 is 0.971 bits per heavy atom. The van der Waals surface area contributed by atoms with E-state index in [1.807, 2.05) is 0 Å². The third kappa shape index (κ3) is 37.0. The van der Waals surface area contributed by atoms with E-state index >= 15 is 0 Å². The van der Waals surface area contributed by atoms with Crippen LogP contribution in [0.5, 0.6) is 0 Å². The van der Waals surface area contributed by atoms with Crippen LogP contribution < -0.4 is 0 Å². The van der Waals surface area contributed by atoms with Gasteiger partial charge in [0.2, 0.25) is 0 Å². The van der Waals surface area contributed by atoms with Gasteiger partial charge >= 0.3 is 23.9 Å². The van der Waals surface area contributed by atoms with Crippen molar-refractivity contribution in [3.63, 3.8) is 0 Å². The first-order chi connectivity index (χ1) is 33.7. The highest BCUT2D eigenvalue weighted by atomic mass is 16.9. The molecule has 0 saturated carbocycles. The Hall–Kier alpha value is -2.49. The molecular formula is C60H110O9. The van der Waals surface area contributed by atoms with Gasteiger partial charge in [-0.25, -0.2) is 0 Å². The number of hydrogen-bond donors (Lipinski definition) is 3. The molecule has 3 N–H and O–H groups in total. The summed E-state index contributed by atoms with van der Waals surface area (Å²) in [6.45, 7) is 6.24. The van der Waals surface area contributed by atoms with Crippen molar-refractivity contribution in [3.05, 3.63) is 36.5 Å².